The zero-order valence-electron chi connectivity index (χ0n) is 16.0. The van der Waals surface area contributed by atoms with Gasteiger partial charge in [0, 0.05) is 29.2 Å². The van der Waals surface area contributed by atoms with Crippen LogP contribution in [0.1, 0.15) is 24.1 Å². The average Bonchev–Trinajstić information content (AvgIpc) is 2.69. The van der Waals surface area contributed by atoms with Crippen LogP contribution in [0.4, 0.5) is 0 Å². The number of hydrogen-bond donors (Lipinski definition) is 2. The summed E-state index contributed by atoms with van der Waals surface area (Å²) in [5.74, 6) is 1.63. The highest BCUT2D eigenvalue weighted by Crippen LogP contribution is 2.34. The molecule has 0 aliphatic rings. The summed E-state index contributed by atoms with van der Waals surface area (Å²) in [7, 11) is 4.69. The van der Waals surface area contributed by atoms with E-state index in [0.717, 1.165) is 11.1 Å². The van der Waals surface area contributed by atoms with Crippen LogP contribution >= 0.6 is 11.6 Å². The molecule has 2 N–H and O–H groups in total. The molecule has 0 spiro atoms. The molecule has 2 aromatic rings. The van der Waals surface area contributed by atoms with Gasteiger partial charge in [0.15, 0.2) is 11.5 Å². The van der Waals surface area contributed by atoms with Gasteiger partial charge in [0.2, 0.25) is 5.91 Å². The van der Waals surface area contributed by atoms with E-state index in [2.05, 4.69) is 10.6 Å². The minimum atomic E-state index is -0.134. The Kier molecular flexibility index (Phi) is 7.76. The highest BCUT2D eigenvalue weighted by molar-refractivity contribution is 6.31. The van der Waals surface area contributed by atoms with Crippen LogP contribution in [0.3, 0.4) is 0 Å². The standard InChI is InChI=1S/C20H25ClN2O4/c1-13(15-7-5-6-8-16(15)21)22-12-20(24)23-11-14-9-18(26-3)19(27-4)10-17(14)25-2/h5-10,13,22H,11-12H2,1-4H3,(H,23,24)/t13-/m1/s1. The lowest BCUT2D eigenvalue weighted by molar-refractivity contribution is -0.120. The Morgan fingerprint density at radius 2 is 1.67 bits per heavy atom. The van der Waals surface area contributed by atoms with Crippen LogP contribution in [0.5, 0.6) is 17.2 Å². The van der Waals surface area contributed by atoms with Crippen LogP contribution in [-0.2, 0) is 11.3 Å². The maximum absolute atomic E-state index is 12.2. The Bertz CT molecular complexity index is 783. The second-order valence-corrected chi connectivity index (χ2v) is 6.33. The molecule has 1 atom stereocenters. The van der Waals surface area contributed by atoms with Crippen LogP contribution in [0.2, 0.25) is 5.02 Å². The molecule has 146 valence electrons. The Morgan fingerprint density at radius 3 is 2.30 bits per heavy atom. The van der Waals surface area contributed by atoms with E-state index >= 15 is 0 Å². The summed E-state index contributed by atoms with van der Waals surface area (Å²) in [6.45, 7) is 2.44. The number of carbonyl (C=O) groups excluding carboxylic acids is 1. The summed E-state index contributed by atoms with van der Waals surface area (Å²) >= 11 is 6.19. The van der Waals surface area contributed by atoms with Gasteiger partial charge in [-0.15, -0.1) is 0 Å². The SMILES string of the molecule is COc1cc(OC)c(OC)cc1CNC(=O)CN[C@H](C)c1ccccc1Cl. The maximum Gasteiger partial charge on any atom is 0.234 e. The van der Waals surface area contributed by atoms with Gasteiger partial charge in [-0.25, -0.2) is 0 Å². The molecule has 0 aliphatic carbocycles. The van der Waals surface area contributed by atoms with Crippen molar-refractivity contribution in [2.24, 2.45) is 0 Å². The Labute approximate surface area is 164 Å². The van der Waals surface area contributed by atoms with Crippen LogP contribution < -0.4 is 24.8 Å². The number of carbonyl (C=O) groups is 1. The highest BCUT2D eigenvalue weighted by atomic mass is 35.5. The summed E-state index contributed by atoms with van der Waals surface area (Å²) < 4.78 is 15.9. The predicted molar refractivity (Wildman–Crippen MR) is 106 cm³/mol. The molecular weight excluding hydrogens is 368 g/mol. The van der Waals surface area contributed by atoms with Gasteiger partial charge < -0.3 is 24.8 Å². The van der Waals surface area contributed by atoms with Crippen molar-refractivity contribution in [2.75, 3.05) is 27.9 Å². The summed E-state index contributed by atoms with van der Waals surface area (Å²) in [5.41, 5.74) is 1.75. The molecule has 0 saturated carbocycles. The van der Waals surface area contributed by atoms with Gasteiger partial charge >= 0.3 is 0 Å². The zero-order chi connectivity index (χ0) is 19.8. The molecular formula is C20H25ClN2O4. The van der Waals surface area contributed by atoms with E-state index in [1.165, 1.54) is 0 Å². The molecule has 0 fully saturated rings. The Morgan fingerprint density at radius 1 is 1.04 bits per heavy atom. The van der Waals surface area contributed by atoms with Crippen molar-refractivity contribution >= 4 is 17.5 Å². The van der Waals surface area contributed by atoms with E-state index < -0.39 is 0 Å². The van der Waals surface area contributed by atoms with Gasteiger partial charge in [0.25, 0.3) is 0 Å². The van der Waals surface area contributed by atoms with Crippen molar-refractivity contribution in [3.63, 3.8) is 0 Å². The maximum atomic E-state index is 12.2. The molecule has 1 amide bonds. The fraction of sp³-hybridized carbons (Fsp3) is 0.350. The fourth-order valence-corrected chi connectivity index (χ4v) is 2.97. The lowest BCUT2D eigenvalue weighted by atomic mass is 10.1. The molecule has 0 aromatic heterocycles. The number of nitrogens with one attached hydrogen (secondary N) is 2. The van der Waals surface area contributed by atoms with Crippen molar-refractivity contribution in [1.29, 1.82) is 0 Å². The summed E-state index contributed by atoms with van der Waals surface area (Å²) in [6.07, 6.45) is 0. The number of halogens is 1. The first-order chi connectivity index (χ1) is 13.0. The first-order valence-corrected chi connectivity index (χ1v) is 8.91. The zero-order valence-corrected chi connectivity index (χ0v) is 16.7. The van der Waals surface area contributed by atoms with Gasteiger partial charge in [-0.1, -0.05) is 29.8 Å². The van der Waals surface area contributed by atoms with Crippen molar-refractivity contribution < 1.29 is 19.0 Å². The van der Waals surface area contributed by atoms with E-state index in [9.17, 15) is 4.79 Å². The van der Waals surface area contributed by atoms with E-state index in [4.69, 9.17) is 25.8 Å². The predicted octanol–water partition coefficient (Wildman–Crippen LogP) is 3.33. The molecule has 7 heteroatoms. The molecule has 0 unspecified atom stereocenters. The monoisotopic (exact) mass is 392 g/mol. The van der Waals surface area contributed by atoms with E-state index in [1.807, 2.05) is 31.2 Å². The number of rotatable bonds is 9. The number of benzene rings is 2. The third-order valence-electron chi connectivity index (χ3n) is 4.20. The van der Waals surface area contributed by atoms with Gasteiger partial charge in [0.1, 0.15) is 5.75 Å². The van der Waals surface area contributed by atoms with E-state index in [0.29, 0.717) is 28.8 Å². The molecule has 2 aromatic carbocycles. The van der Waals surface area contributed by atoms with E-state index in [1.54, 1.807) is 33.5 Å². The van der Waals surface area contributed by atoms with Gasteiger partial charge in [0.05, 0.1) is 27.9 Å². The molecule has 0 bridgehead atoms. The third-order valence-corrected chi connectivity index (χ3v) is 4.55. The van der Waals surface area contributed by atoms with Crippen LogP contribution in [0.15, 0.2) is 36.4 Å². The molecule has 0 heterocycles. The van der Waals surface area contributed by atoms with Crippen molar-refractivity contribution in [3.8, 4) is 17.2 Å². The Hall–Kier alpha value is -2.44. The van der Waals surface area contributed by atoms with Gasteiger partial charge in [-0.2, -0.15) is 0 Å². The second-order valence-electron chi connectivity index (χ2n) is 5.92. The molecule has 0 radical (unpaired) electrons. The number of hydrogen-bond acceptors (Lipinski definition) is 5. The number of ether oxygens (including phenoxy) is 3. The summed E-state index contributed by atoms with van der Waals surface area (Å²) in [6, 6.07) is 11.0. The number of amides is 1. The first-order valence-electron chi connectivity index (χ1n) is 8.53. The van der Waals surface area contributed by atoms with Crippen LogP contribution in [0, 0.1) is 0 Å². The normalized spacial score (nSPS) is 11.6. The Balaban J connectivity index is 1.94. The second kappa shape index (κ2) is 10.0. The molecule has 0 aliphatic heterocycles. The van der Waals surface area contributed by atoms with Crippen molar-refractivity contribution in [3.05, 3.63) is 52.5 Å². The smallest absolute Gasteiger partial charge is 0.234 e. The number of methoxy groups -OCH3 is 3. The van der Waals surface area contributed by atoms with E-state index in [-0.39, 0.29) is 18.5 Å². The largest absolute Gasteiger partial charge is 0.496 e. The first kappa shape index (κ1) is 20.9. The van der Waals surface area contributed by atoms with Crippen LogP contribution in [0.25, 0.3) is 0 Å². The topological polar surface area (TPSA) is 68.8 Å². The van der Waals surface area contributed by atoms with Crippen LogP contribution in [-0.4, -0.2) is 33.8 Å². The lowest BCUT2D eigenvalue weighted by Gasteiger charge is -2.16. The molecule has 6 nitrogen and oxygen atoms in total. The minimum Gasteiger partial charge on any atom is -0.496 e. The highest BCUT2D eigenvalue weighted by Gasteiger charge is 2.14. The lowest BCUT2D eigenvalue weighted by Crippen LogP contribution is -2.34. The van der Waals surface area contributed by atoms with Crippen molar-refractivity contribution in [2.45, 2.75) is 19.5 Å². The average molecular weight is 393 g/mol. The van der Waals surface area contributed by atoms with Gasteiger partial charge in [-0.05, 0) is 24.6 Å². The minimum absolute atomic E-state index is 0.0416. The third kappa shape index (κ3) is 5.52. The summed E-state index contributed by atoms with van der Waals surface area (Å²) in [4.78, 5) is 12.2. The molecule has 2 rings (SSSR count). The molecule has 0 saturated heterocycles. The van der Waals surface area contributed by atoms with Gasteiger partial charge in [-0.3, -0.25) is 4.79 Å². The molecule has 27 heavy (non-hydrogen) atoms. The van der Waals surface area contributed by atoms with Crippen molar-refractivity contribution in [1.82, 2.24) is 10.6 Å². The quantitative estimate of drug-likeness (QED) is 0.685. The summed E-state index contributed by atoms with van der Waals surface area (Å²) in [5, 5.41) is 6.72. The fourth-order valence-electron chi connectivity index (χ4n) is 2.67.